The number of rotatable bonds is 5. The highest BCUT2D eigenvalue weighted by Gasteiger charge is 2.03. The second-order valence-corrected chi connectivity index (χ2v) is 3.92. The van der Waals surface area contributed by atoms with Gasteiger partial charge in [-0.3, -0.25) is 14.5 Å². The van der Waals surface area contributed by atoms with Crippen molar-refractivity contribution in [2.45, 2.75) is 6.42 Å². The predicted octanol–water partition coefficient (Wildman–Crippen LogP) is 0.569. The lowest BCUT2D eigenvalue weighted by Crippen LogP contribution is -2.14. The van der Waals surface area contributed by atoms with Gasteiger partial charge in [-0.05, 0) is 18.2 Å². The Kier molecular flexibility index (Phi) is 3.57. The van der Waals surface area contributed by atoms with E-state index in [0.29, 0.717) is 0 Å². The standard InChI is InChI=1S/C12H15N5O/c1-17-10(4-7-16-17)3-6-14-9-2-5-15-11(8-9)12(13)18/h2,4-5,7-8H,3,6H2,1H3,(H2,13,18)(H,14,15). The summed E-state index contributed by atoms with van der Waals surface area (Å²) >= 11 is 0. The molecule has 0 atom stereocenters. The second kappa shape index (κ2) is 5.31. The molecule has 0 saturated carbocycles. The zero-order valence-electron chi connectivity index (χ0n) is 10.1. The number of carbonyl (C=O) groups is 1. The summed E-state index contributed by atoms with van der Waals surface area (Å²) in [4.78, 5) is 14.9. The molecular weight excluding hydrogens is 230 g/mol. The van der Waals surface area contributed by atoms with Crippen molar-refractivity contribution in [1.82, 2.24) is 14.8 Å². The fourth-order valence-corrected chi connectivity index (χ4v) is 1.66. The van der Waals surface area contributed by atoms with Crippen molar-refractivity contribution in [3.63, 3.8) is 0 Å². The van der Waals surface area contributed by atoms with Gasteiger partial charge in [0.2, 0.25) is 0 Å². The average Bonchev–Trinajstić information content (AvgIpc) is 2.76. The van der Waals surface area contributed by atoms with Crippen LogP contribution in [-0.2, 0) is 13.5 Å². The highest BCUT2D eigenvalue weighted by atomic mass is 16.1. The predicted molar refractivity (Wildman–Crippen MR) is 68.2 cm³/mol. The zero-order valence-corrected chi connectivity index (χ0v) is 10.1. The number of pyridine rings is 1. The number of carbonyl (C=O) groups excluding carboxylic acids is 1. The maximum absolute atomic E-state index is 11.0. The minimum Gasteiger partial charge on any atom is -0.385 e. The van der Waals surface area contributed by atoms with E-state index in [0.717, 1.165) is 24.3 Å². The largest absolute Gasteiger partial charge is 0.385 e. The zero-order chi connectivity index (χ0) is 13.0. The topological polar surface area (TPSA) is 85.8 Å². The Morgan fingerprint density at radius 2 is 2.28 bits per heavy atom. The molecule has 6 nitrogen and oxygen atoms in total. The molecule has 0 aliphatic heterocycles. The lowest BCUT2D eigenvalue weighted by molar-refractivity contribution is 0.0995. The maximum atomic E-state index is 11.0. The number of aromatic nitrogens is 3. The summed E-state index contributed by atoms with van der Waals surface area (Å²) < 4.78 is 1.84. The van der Waals surface area contributed by atoms with Crippen LogP contribution in [0.25, 0.3) is 0 Å². The van der Waals surface area contributed by atoms with E-state index in [9.17, 15) is 4.79 Å². The van der Waals surface area contributed by atoms with Crippen molar-refractivity contribution in [1.29, 1.82) is 0 Å². The highest BCUT2D eigenvalue weighted by Crippen LogP contribution is 2.08. The first kappa shape index (κ1) is 12.1. The molecule has 2 rings (SSSR count). The van der Waals surface area contributed by atoms with Crippen LogP contribution in [0.4, 0.5) is 5.69 Å². The summed E-state index contributed by atoms with van der Waals surface area (Å²) in [6, 6.07) is 5.42. The van der Waals surface area contributed by atoms with Crippen molar-refractivity contribution in [2.24, 2.45) is 12.8 Å². The van der Waals surface area contributed by atoms with Gasteiger partial charge >= 0.3 is 0 Å². The van der Waals surface area contributed by atoms with Crippen molar-refractivity contribution in [3.8, 4) is 0 Å². The number of hydrogen-bond acceptors (Lipinski definition) is 4. The van der Waals surface area contributed by atoms with E-state index in [1.165, 1.54) is 0 Å². The van der Waals surface area contributed by atoms with Gasteiger partial charge in [0.05, 0.1) is 0 Å². The van der Waals surface area contributed by atoms with E-state index in [2.05, 4.69) is 15.4 Å². The van der Waals surface area contributed by atoms with Crippen LogP contribution < -0.4 is 11.1 Å². The van der Waals surface area contributed by atoms with E-state index in [1.54, 1.807) is 24.5 Å². The van der Waals surface area contributed by atoms with E-state index < -0.39 is 5.91 Å². The Labute approximate surface area is 105 Å². The molecule has 94 valence electrons. The Hall–Kier alpha value is -2.37. The molecule has 0 unspecified atom stereocenters. The summed E-state index contributed by atoms with van der Waals surface area (Å²) in [5, 5.41) is 7.31. The average molecular weight is 245 g/mol. The van der Waals surface area contributed by atoms with Crippen LogP contribution in [0.1, 0.15) is 16.2 Å². The summed E-state index contributed by atoms with van der Waals surface area (Å²) in [5.74, 6) is -0.523. The normalized spacial score (nSPS) is 10.3. The Morgan fingerprint density at radius 1 is 1.44 bits per heavy atom. The molecule has 0 fully saturated rings. The van der Waals surface area contributed by atoms with Gasteiger partial charge in [-0.1, -0.05) is 0 Å². The molecule has 18 heavy (non-hydrogen) atoms. The number of amides is 1. The van der Waals surface area contributed by atoms with Crippen LogP contribution in [0, 0.1) is 0 Å². The van der Waals surface area contributed by atoms with Gasteiger partial charge in [0.15, 0.2) is 0 Å². The third-order valence-electron chi connectivity index (χ3n) is 2.65. The number of primary amides is 1. The maximum Gasteiger partial charge on any atom is 0.267 e. The first-order valence-corrected chi connectivity index (χ1v) is 5.63. The Morgan fingerprint density at radius 3 is 2.94 bits per heavy atom. The van der Waals surface area contributed by atoms with Gasteiger partial charge in [0.25, 0.3) is 5.91 Å². The van der Waals surface area contributed by atoms with Crippen molar-refractivity contribution in [3.05, 3.63) is 42.0 Å². The van der Waals surface area contributed by atoms with Crippen LogP contribution in [0.2, 0.25) is 0 Å². The van der Waals surface area contributed by atoms with Crippen molar-refractivity contribution < 1.29 is 4.79 Å². The van der Waals surface area contributed by atoms with Gasteiger partial charge in [-0.15, -0.1) is 0 Å². The molecule has 0 aliphatic rings. The van der Waals surface area contributed by atoms with E-state index in [-0.39, 0.29) is 5.69 Å². The molecule has 0 saturated heterocycles. The minimum absolute atomic E-state index is 0.264. The van der Waals surface area contributed by atoms with Gasteiger partial charge in [0.1, 0.15) is 5.69 Å². The number of nitrogens with one attached hydrogen (secondary N) is 1. The third-order valence-corrected chi connectivity index (χ3v) is 2.65. The summed E-state index contributed by atoms with van der Waals surface area (Å²) in [6.45, 7) is 0.752. The molecule has 2 heterocycles. The third kappa shape index (κ3) is 2.85. The molecule has 0 aromatic carbocycles. The first-order valence-electron chi connectivity index (χ1n) is 5.63. The molecule has 0 aliphatic carbocycles. The number of anilines is 1. The van der Waals surface area contributed by atoms with Crippen molar-refractivity contribution >= 4 is 11.6 Å². The summed E-state index contributed by atoms with van der Waals surface area (Å²) in [5.41, 5.74) is 7.41. The molecule has 2 aromatic heterocycles. The monoisotopic (exact) mass is 245 g/mol. The molecule has 3 N–H and O–H groups in total. The molecule has 6 heteroatoms. The fraction of sp³-hybridized carbons (Fsp3) is 0.250. The number of hydrogen-bond donors (Lipinski definition) is 2. The number of aryl methyl sites for hydroxylation is 1. The number of nitrogens with zero attached hydrogens (tertiary/aromatic N) is 3. The SMILES string of the molecule is Cn1nccc1CCNc1ccnc(C(N)=O)c1. The van der Waals surface area contributed by atoms with Crippen LogP contribution in [0.3, 0.4) is 0 Å². The molecular formula is C12H15N5O. The first-order chi connectivity index (χ1) is 8.66. The summed E-state index contributed by atoms with van der Waals surface area (Å²) in [6.07, 6.45) is 4.18. The molecule has 1 amide bonds. The molecule has 2 aromatic rings. The smallest absolute Gasteiger partial charge is 0.267 e. The second-order valence-electron chi connectivity index (χ2n) is 3.92. The van der Waals surface area contributed by atoms with Crippen LogP contribution in [-0.4, -0.2) is 27.2 Å². The van der Waals surface area contributed by atoms with Gasteiger partial charge < -0.3 is 11.1 Å². The Balaban J connectivity index is 1.92. The van der Waals surface area contributed by atoms with Gasteiger partial charge in [-0.2, -0.15) is 5.10 Å². The molecule has 0 bridgehead atoms. The molecule has 0 radical (unpaired) electrons. The fourth-order valence-electron chi connectivity index (χ4n) is 1.66. The van der Waals surface area contributed by atoms with E-state index in [1.807, 2.05) is 17.8 Å². The number of nitrogens with two attached hydrogens (primary N) is 1. The summed E-state index contributed by atoms with van der Waals surface area (Å²) in [7, 11) is 1.91. The van der Waals surface area contributed by atoms with Crippen LogP contribution in [0.5, 0.6) is 0 Å². The van der Waals surface area contributed by atoms with Crippen LogP contribution in [0.15, 0.2) is 30.6 Å². The minimum atomic E-state index is -0.523. The Bertz CT molecular complexity index is 549. The molecule has 0 spiro atoms. The highest BCUT2D eigenvalue weighted by molar-refractivity contribution is 5.91. The van der Waals surface area contributed by atoms with Gasteiger partial charge in [-0.25, -0.2) is 0 Å². The van der Waals surface area contributed by atoms with Crippen molar-refractivity contribution in [2.75, 3.05) is 11.9 Å². The quantitative estimate of drug-likeness (QED) is 0.806. The lowest BCUT2D eigenvalue weighted by Gasteiger charge is -2.07. The van der Waals surface area contributed by atoms with E-state index >= 15 is 0 Å². The van der Waals surface area contributed by atoms with Gasteiger partial charge in [0, 0.05) is 43.8 Å². The lowest BCUT2D eigenvalue weighted by atomic mass is 10.2. The van der Waals surface area contributed by atoms with E-state index in [4.69, 9.17) is 5.73 Å². The van der Waals surface area contributed by atoms with Crippen LogP contribution >= 0.6 is 0 Å².